The summed E-state index contributed by atoms with van der Waals surface area (Å²) in [4.78, 5) is 27.4. The number of rotatable bonds is 5. The number of fused-ring (bicyclic) bond motifs is 7. The number of amides is 1. The van der Waals surface area contributed by atoms with Crippen molar-refractivity contribution in [2.24, 2.45) is 23.9 Å². The minimum Gasteiger partial charge on any atom is -0.477 e. The summed E-state index contributed by atoms with van der Waals surface area (Å²) >= 11 is 0. The van der Waals surface area contributed by atoms with E-state index in [4.69, 9.17) is 9.72 Å². The van der Waals surface area contributed by atoms with Gasteiger partial charge < -0.3 is 19.9 Å². The molecule has 3 aliphatic rings. The molecule has 0 saturated heterocycles. The van der Waals surface area contributed by atoms with Gasteiger partial charge in [-0.3, -0.25) is 9.78 Å². The van der Waals surface area contributed by atoms with Crippen LogP contribution in [0.4, 0.5) is 11.4 Å². The number of benzene rings is 1. The van der Waals surface area contributed by atoms with E-state index in [2.05, 4.69) is 69.7 Å². The Morgan fingerprint density at radius 3 is 2.80 bits per heavy atom. The molecule has 1 fully saturated rings. The minimum absolute atomic E-state index is 0.301. The van der Waals surface area contributed by atoms with E-state index in [1.807, 2.05) is 14.0 Å². The summed E-state index contributed by atoms with van der Waals surface area (Å²) in [6.45, 7) is 4.31. The number of guanidine groups is 1. The number of hydrogen-bond donors (Lipinski definition) is 1. The van der Waals surface area contributed by atoms with E-state index >= 15 is 0 Å². The SMILES string of the molecule is Cc1cc2cc(n1)-c1cnn(C)c1OCCCC(C1CC1)CN1/C(=N/C2=O)Nc2ccc(/C=C\CCN(C)C)cc21. The Hall–Kier alpha value is -3.98. The van der Waals surface area contributed by atoms with Gasteiger partial charge in [0, 0.05) is 31.4 Å². The first-order chi connectivity index (χ1) is 19.9. The quantitative estimate of drug-likeness (QED) is 0.454. The van der Waals surface area contributed by atoms with E-state index in [1.165, 1.54) is 12.8 Å². The topological polar surface area (TPSA) is 87.9 Å². The number of carbonyl (C=O) groups excluding carboxylic acids is 1. The molecule has 0 spiro atoms. The Morgan fingerprint density at radius 1 is 1.15 bits per heavy atom. The summed E-state index contributed by atoms with van der Waals surface area (Å²) in [5.74, 6) is 2.13. The fourth-order valence-corrected chi connectivity index (χ4v) is 5.77. The predicted molar refractivity (Wildman–Crippen MR) is 164 cm³/mol. The lowest BCUT2D eigenvalue weighted by Gasteiger charge is -2.25. The predicted octanol–water partition coefficient (Wildman–Crippen LogP) is 5.38. The van der Waals surface area contributed by atoms with Crippen molar-refractivity contribution in [1.82, 2.24) is 19.7 Å². The van der Waals surface area contributed by atoms with Crippen molar-refractivity contribution in [3.8, 4) is 17.1 Å². The first-order valence-corrected chi connectivity index (χ1v) is 14.6. The molecule has 41 heavy (non-hydrogen) atoms. The van der Waals surface area contributed by atoms with Gasteiger partial charge in [0.1, 0.15) is 0 Å². The first-order valence-electron chi connectivity index (χ1n) is 14.6. The lowest BCUT2D eigenvalue weighted by Crippen LogP contribution is -2.36. The number of aryl methyl sites for hydroxylation is 2. The van der Waals surface area contributed by atoms with Crippen molar-refractivity contribution in [2.75, 3.05) is 44.0 Å². The molecule has 2 aromatic heterocycles. The molecule has 1 N–H and O–H groups in total. The average Bonchev–Trinajstić information content (AvgIpc) is 3.65. The molecule has 9 nitrogen and oxygen atoms in total. The second-order valence-electron chi connectivity index (χ2n) is 11.7. The molecular formula is C32H39N7O2. The summed E-state index contributed by atoms with van der Waals surface area (Å²) in [6.07, 6.45) is 11.6. The van der Waals surface area contributed by atoms with Crippen LogP contribution in [0.25, 0.3) is 17.3 Å². The number of anilines is 2. The van der Waals surface area contributed by atoms with Crippen LogP contribution in [0.2, 0.25) is 0 Å². The van der Waals surface area contributed by atoms with Crippen molar-refractivity contribution in [2.45, 2.75) is 39.0 Å². The summed E-state index contributed by atoms with van der Waals surface area (Å²) in [5.41, 5.74) is 5.87. The maximum Gasteiger partial charge on any atom is 0.280 e. The molecule has 1 saturated carbocycles. The zero-order valence-electron chi connectivity index (χ0n) is 24.4. The third-order valence-corrected chi connectivity index (χ3v) is 8.10. The summed E-state index contributed by atoms with van der Waals surface area (Å²) in [7, 11) is 6.05. The molecular weight excluding hydrogens is 514 g/mol. The molecule has 0 radical (unpaired) electrons. The van der Waals surface area contributed by atoms with Crippen molar-refractivity contribution >= 4 is 29.3 Å². The molecule has 4 heterocycles. The van der Waals surface area contributed by atoms with Crippen LogP contribution < -0.4 is 15.0 Å². The van der Waals surface area contributed by atoms with Gasteiger partial charge in [-0.05, 0) is 94.8 Å². The van der Waals surface area contributed by atoms with Crippen molar-refractivity contribution in [3.63, 3.8) is 0 Å². The van der Waals surface area contributed by atoms with Crippen LogP contribution in [-0.4, -0.2) is 65.3 Å². The number of nitrogens with one attached hydrogen (secondary N) is 1. The monoisotopic (exact) mass is 553 g/mol. The number of ether oxygens (including phenoxy) is 1. The smallest absolute Gasteiger partial charge is 0.280 e. The summed E-state index contributed by atoms with van der Waals surface area (Å²) in [6, 6.07) is 10.0. The number of carbonyl (C=O) groups is 1. The lowest BCUT2D eigenvalue weighted by molar-refractivity contribution is 0.100. The fraction of sp³-hybridized carbons (Fsp3) is 0.438. The highest BCUT2D eigenvalue weighted by molar-refractivity contribution is 6.19. The van der Waals surface area contributed by atoms with E-state index in [1.54, 1.807) is 23.0 Å². The van der Waals surface area contributed by atoms with Gasteiger partial charge in [0.25, 0.3) is 5.91 Å². The Kier molecular flexibility index (Phi) is 7.62. The van der Waals surface area contributed by atoms with Gasteiger partial charge in [-0.2, -0.15) is 10.1 Å². The highest BCUT2D eigenvalue weighted by Gasteiger charge is 2.36. The van der Waals surface area contributed by atoms with Crippen LogP contribution in [0.5, 0.6) is 5.88 Å². The van der Waals surface area contributed by atoms with Crippen LogP contribution in [-0.2, 0) is 7.05 Å². The zero-order chi connectivity index (χ0) is 28.5. The fourth-order valence-electron chi connectivity index (χ4n) is 5.77. The van der Waals surface area contributed by atoms with Gasteiger partial charge in [-0.1, -0.05) is 18.2 Å². The third-order valence-electron chi connectivity index (χ3n) is 8.10. The Morgan fingerprint density at radius 2 is 2.00 bits per heavy atom. The van der Waals surface area contributed by atoms with Crippen LogP contribution in [0.3, 0.4) is 0 Å². The highest BCUT2D eigenvalue weighted by atomic mass is 16.5. The first kappa shape index (κ1) is 27.2. The largest absolute Gasteiger partial charge is 0.477 e. The number of hydrogen-bond acceptors (Lipinski definition) is 7. The van der Waals surface area contributed by atoms with Gasteiger partial charge in [0.2, 0.25) is 11.8 Å². The van der Waals surface area contributed by atoms with Gasteiger partial charge >= 0.3 is 0 Å². The Bertz CT molecular complexity index is 1500. The molecule has 214 valence electrons. The Labute approximate surface area is 241 Å². The molecule has 1 aliphatic carbocycles. The molecule has 1 unspecified atom stereocenters. The highest BCUT2D eigenvalue weighted by Crippen LogP contribution is 2.42. The van der Waals surface area contributed by atoms with Crippen molar-refractivity contribution < 1.29 is 9.53 Å². The normalized spacial score (nSPS) is 20.4. The summed E-state index contributed by atoms with van der Waals surface area (Å²) in [5, 5.41) is 7.88. The van der Waals surface area contributed by atoms with Crippen LogP contribution >= 0.6 is 0 Å². The van der Waals surface area contributed by atoms with Gasteiger partial charge in [0.15, 0.2) is 0 Å². The Balaban J connectivity index is 1.37. The number of aliphatic imine (C=N–C) groups is 1. The average molecular weight is 554 g/mol. The summed E-state index contributed by atoms with van der Waals surface area (Å²) < 4.78 is 8.01. The molecule has 6 rings (SSSR count). The molecule has 9 heteroatoms. The number of pyridine rings is 1. The molecule has 2 aliphatic heterocycles. The van der Waals surface area contributed by atoms with Crippen molar-refractivity contribution in [1.29, 1.82) is 0 Å². The lowest BCUT2D eigenvalue weighted by atomic mass is 9.97. The van der Waals surface area contributed by atoms with E-state index < -0.39 is 0 Å². The molecule has 3 aromatic rings. The third kappa shape index (κ3) is 6.05. The van der Waals surface area contributed by atoms with E-state index in [9.17, 15) is 4.79 Å². The number of nitrogens with zero attached hydrogens (tertiary/aromatic N) is 6. The van der Waals surface area contributed by atoms with Gasteiger partial charge in [0.05, 0.1) is 35.4 Å². The second kappa shape index (κ2) is 11.5. The van der Waals surface area contributed by atoms with E-state index in [0.29, 0.717) is 41.5 Å². The van der Waals surface area contributed by atoms with Crippen LogP contribution in [0.15, 0.2) is 47.6 Å². The van der Waals surface area contributed by atoms with Crippen molar-refractivity contribution in [3.05, 3.63) is 59.4 Å². The minimum atomic E-state index is -0.301. The molecule has 1 atom stereocenters. The zero-order valence-corrected chi connectivity index (χ0v) is 24.4. The standard InChI is InChI=1S/C32H39N7O2/c1-21-16-25-18-28(34-21)26-19-33-38(4)31(26)41-15-7-9-24(23-11-12-23)20-39-29-17-22(8-5-6-14-37(2)3)10-13-27(29)35-32(39)36-30(25)40/h5,8,10,13,16-19,23-24H,6-7,9,11-12,14-15,20H2,1-4H3,(H,35,36,40)/b8-5-. The van der Waals surface area contributed by atoms with Crippen LogP contribution in [0, 0.1) is 18.8 Å². The molecule has 1 amide bonds. The second-order valence-corrected chi connectivity index (χ2v) is 11.7. The van der Waals surface area contributed by atoms with Crippen LogP contribution in [0.1, 0.15) is 53.7 Å². The maximum atomic E-state index is 13.7. The number of aromatic nitrogens is 3. The van der Waals surface area contributed by atoms with E-state index in [0.717, 1.165) is 60.5 Å². The molecule has 1 aromatic carbocycles. The van der Waals surface area contributed by atoms with Gasteiger partial charge in [-0.15, -0.1) is 0 Å². The van der Waals surface area contributed by atoms with Gasteiger partial charge in [-0.25, -0.2) is 4.68 Å². The maximum absolute atomic E-state index is 13.7. The molecule has 2 bridgehead atoms. The van der Waals surface area contributed by atoms with E-state index in [-0.39, 0.29) is 5.91 Å².